The normalized spacial score (nSPS) is 20.7. The molecule has 27 heavy (non-hydrogen) atoms. The van der Waals surface area contributed by atoms with E-state index in [-0.39, 0.29) is 12.5 Å². The number of aryl methyl sites for hydroxylation is 3. The second kappa shape index (κ2) is 6.23. The predicted molar refractivity (Wildman–Crippen MR) is 101 cm³/mol. The fraction of sp³-hybridized carbons (Fsp3) is 0.286. The van der Waals surface area contributed by atoms with Crippen molar-refractivity contribution in [1.29, 1.82) is 0 Å². The summed E-state index contributed by atoms with van der Waals surface area (Å²) < 4.78 is 0. The summed E-state index contributed by atoms with van der Waals surface area (Å²) in [5, 5.41) is 5.62. The minimum Gasteiger partial charge on any atom is -0.324 e. The van der Waals surface area contributed by atoms with Gasteiger partial charge in [0.25, 0.3) is 5.91 Å². The topological polar surface area (TPSA) is 78.5 Å². The highest BCUT2D eigenvalue weighted by atomic mass is 16.2. The van der Waals surface area contributed by atoms with E-state index in [4.69, 9.17) is 0 Å². The molecule has 2 N–H and O–H groups in total. The van der Waals surface area contributed by atoms with Crippen molar-refractivity contribution in [3.63, 3.8) is 0 Å². The number of rotatable bonds is 3. The van der Waals surface area contributed by atoms with Crippen molar-refractivity contribution in [2.75, 3.05) is 11.9 Å². The zero-order chi connectivity index (χ0) is 19.2. The molecule has 1 fully saturated rings. The molecule has 1 spiro atoms. The monoisotopic (exact) mass is 363 g/mol. The van der Waals surface area contributed by atoms with Crippen molar-refractivity contribution in [2.24, 2.45) is 0 Å². The number of imide groups is 1. The SMILES string of the molecule is Cc1ccc(NC(=O)CN2C(=O)N[C@]3(CCc4ccccc43)C2=O)c(C)c1. The number of anilines is 1. The number of amides is 4. The lowest BCUT2D eigenvalue weighted by Gasteiger charge is -2.22. The molecule has 2 aromatic carbocycles. The maximum Gasteiger partial charge on any atom is 0.325 e. The molecule has 0 unspecified atom stereocenters. The first-order chi connectivity index (χ1) is 12.9. The Labute approximate surface area is 157 Å². The minimum atomic E-state index is -1.03. The Balaban J connectivity index is 1.53. The van der Waals surface area contributed by atoms with Crippen molar-refractivity contribution in [2.45, 2.75) is 32.2 Å². The molecule has 0 radical (unpaired) electrons. The Bertz CT molecular complexity index is 969. The van der Waals surface area contributed by atoms with Gasteiger partial charge in [0, 0.05) is 5.69 Å². The van der Waals surface area contributed by atoms with Crippen molar-refractivity contribution in [3.8, 4) is 0 Å². The fourth-order valence-electron chi connectivity index (χ4n) is 4.02. The molecular weight excluding hydrogens is 342 g/mol. The van der Waals surface area contributed by atoms with Crippen LogP contribution >= 0.6 is 0 Å². The third-order valence-electron chi connectivity index (χ3n) is 5.38. The summed E-state index contributed by atoms with van der Waals surface area (Å²) in [7, 11) is 0. The Morgan fingerprint density at radius 3 is 2.74 bits per heavy atom. The summed E-state index contributed by atoms with van der Waals surface area (Å²) in [5.41, 5.74) is 3.57. The first-order valence-corrected chi connectivity index (χ1v) is 9.00. The number of fused-ring (bicyclic) bond motifs is 2. The van der Waals surface area contributed by atoms with Crippen LogP contribution in [-0.2, 0) is 21.5 Å². The highest BCUT2D eigenvalue weighted by Gasteiger charge is 2.55. The number of benzene rings is 2. The number of urea groups is 1. The molecule has 0 bridgehead atoms. The minimum absolute atomic E-state index is 0.304. The number of carbonyl (C=O) groups is 3. The van der Waals surface area contributed by atoms with Crippen molar-refractivity contribution in [3.05, 3.63) is 64.7 Å². The molecule has 1 atom stereocenters. The van der Waals surface area contributed by atoms with Crippen molar-refractivity contribution in [1.82, 2.24) is 10.2 Å². The molecule has 0 saturated carbocycles. The third kappa shape index (κ3) is 2.77. The standard InChI is InChI=1S/C21H21N3O3/c1-13-7-8-17(14(2)11-13)22-18(25)12-24-19(26)21(23-20(24)27)10-9-15-5-3-4-6-16(15)21/h3-8,11H,9-10,12H2,1-2H3,(H,22,25)(H,23,27)/t21-/m0/s1. The van der Waals surface area contributed by atoms with Crippen LogP contribution in [0.3, 0.4) is 0 Å². The molecule has 6 nitrogen and oxygen atoms in total. The van der Waals surface area contributed by atoms with Gasteiger partial charge < -0.3 is 10.6 Å². The van der Waals surface area contributed by atoms with Gasteiger partial charge in [-0.05, 0) is 49.4 Å². The van der Waals surface area contributed by atoms with Crippen molar-refractivity contribution >= 4 is 23.5 Å². The second-order valence-electron chi connectivity index (χ2n) is 7.25. The van der Waals surface area contributed by atoms with Crippen LogP contribution in [-0.4, -0.2) is 29.3 Å². The van der Waals surface area contributed by atoms with Crippen LogP contribution in [0.15, 0.2) is 42.5 Å². The lowest BCUT2D eigenvalue weighted by molar-refractivity contribution is -0.134. The van der Waals surface area contributed by atoms with Crippen LogP contribution in [0.2, 0.25) is 0 Å². The van der Waals surface area contributed by atoms with Crippen LogP contribution in [0.1, 0.15) is 28.7 Å². The molecule has 2 aromatic rings. The molecule has 4 amide bonds. The number of hydrogen-bond donors (Lipinski definition) is 2. The third-order valence-corrected chi connectivity index (χ3v) is 5.38. The van der Waals surface area contributed by atoms with E-state index in [0.29, 0.717) is 12.1 Å². The van der Waals surface area contributed by atoms with Gasteiger partial charge in [-0.15, -0.1) is 0 Å². The molecule has 138 valence electrons. The van der Waals surface area contributed by atoms with Crippen LogP contribution in [0.4, 0.5) is 10.5 Å². The maximum absolute atomic E-state index is 13.1. The van der Waals surface area contributed by atoms with Gasteiger partial charge in [-0.2, -0.15) is 0 Å². The summed E-state index contributed by atoms with van der Waals surface area (Å²) in [5.74, 6) is -0.748. The quantitative estimate of drug-likeness (QED) is 0.823. The van der Waals surface area contributed by atoms with E-state index >= 15 is 0 Å². The molecule has 0 aromatic heterocycles. The van der Waals surface area contributed by atoms with Gasteiger partial charge in [0.05, 0.1) is 0 Å². The summed E-state index contributed by atoms with van der Waals surface area (Å²) in [6, 6.07) is 12.8. The van der Waals surface area contributed by atoms with Gasteiger partial charge in [0.15, 0.2) is 0 Å². The summed E-state index contributed by atoms with van der Waals surface area (Å²) in [6.07, 6.45) is 1.25. The zero-order valence-corrected chi connectivity index (χ0v) is 15.3. The second-order valence-corrected chi connectivity index (χ2v) is 7.25. The molecule has 1 heterocycles. The molecular formula is C21H21N3O3. The average molecular weight is 363 g/mol. The van der Waals surface area contributed by atoms with Gasteiger partial charge in [-0.25, -0.2) is 4.79 Å². The van der Waals surface area contributed by atoms with Gasteiger partial charge >= 0.3 is 6.03 Å². The predicted octanol–water partition coefficient (Wildman–Crippen LogP) is 2.64. The number of carbonyl (C=O) groups excluding carboxylic acids is 3. The number of nitrogens with one attached hydrogen (secondary N) is 2. The first kappa shape index (κ1) is 17.3. The van der Waals surface area contributed by atoms with E-state index in [0.717, 1.165) is 33.6 Å². The zero-order valence-electron chi connectivity index (χ0n) is 15.3. The van der Waals surface area contributed by atoms with E-state index < -0.39 is 17.5 Å². The largest absolute Gasteiger partial charge is 0.325 e. The van der Waals surface area contributed by atoms with E-state index in [1.165, 1.54) is 0 Å². The maximum atomic E-state index is 13.1. The highest BCUT2D eigenvalue weighted by molar-refractivity contribution is 6.11. The summed E-state index contributed by atoms with van der Waals surface area (Å²) in [4.78, 5) is 39.0. The van der Waals surface area contributed by atoms with E-state index in [9.17, 15) is 14.4 Å². The average Bonchev–Trinajstić information content (AvgIpc) is 3.11. The Morgan fingerprint density at radius 2 is 1.96 bits per heavy atom. The first-order valence-electron chi connectivity index (χ1n) is 9.00. The molecule has 1 aliphatic carbocycles. The van der Waals surface area contributed by atoms with Gasteiger partial charge in [0.1, 0.15) is 12.1 Å². The van der Waals surface area contributed by atoms with Crippen LogP contribution in [0, 0.1) is 13.8 Å². The molecule has 4 rings (SSSR count). The van der Waals surface area contributed by atoms with Crippen LogP contribution in [0.5, 0.6) is 0 Å². The fourth-order valence-corrected chi connectivity index (χ4v) is 4.02. The molecule has 6 heteroatoms. The Kier molecular flexibility index (Phi) is 3.98. The molecule has 1 saturated heterocycles. The Morgan fingerprint density at radius 1 is 1.19 bits per heavy atom. The molecule has 2 aliphatic rings. The van der Waals surface area contributed by atoms with E-state index in [1.54, 1.807) is 0 Å². The molecule has 1 aliphatic heterocycles. The lowest BCUT2D eigenvalue weighted by Crippen LogP contribution is -2.43. The van der Waals surface area contributed by atoms with Crippen LogP contribution < -0.4 is 10.6 Å². The number of nitrogens with zero attached hydrogens (tertiary/aromatic N) is 1. The smallest absolute Gasteiger partial charge is 0.324 e. The van der Waals surface area contributed by atoms with Gasteiger partial charge in [-0.3, -0.25) is 14.5 Å². The van der Waals surface area contributed by atoms with Gasteiger partial charge in [0.2, 0.25) is 5.91 Å². The van der Waals surface area contributed by atoms with Gasteiger partial charge in [-0.1, -0.05) is 42.0 Å². The number of hydrogen-bond acceptors (Lipinski definition) is 3. The van der Waals surface area contributed by atoms with E-state index in [1.807, 2.05) is 56.3 Å². The Hall–Kier alpha value is -3.15. The summed E-state index contributed by atoms with van der Waals surface area (Å²) >= 11 is 0. The highest BCUT2D eigenvalue weighted by Crippen LogP contribution is 2.41. The van der Waals surface area contributed by atoms with Crippen molar-refractivity contribution < 1.29 is 14.4 Å². The lowest BCUT2D eigenvalue weighted by atomic mass is 9.92. The van der Waals surface area contributed by atoms with Crippen LogP contribution in [0.25, 0.3) is 0 Å². The summed E-state index contributed by atoms with van der Waals surface area (Å²) in [6.45, 7) is 3.58. The van der Waals surface area contributed by atoms with E-state index in [2.05, 4.69) is 10.6 Å².